The molecular weight excluding hydrogens is 350 g/mol. The van der Waals surface area contributed by atoms with Crippen molar-refractivity contribution in [1.82, 2.24) is 0 Å². The Morgan fingerprint density at radius 2 is 1.71 bits per heavy atom. The van der Waals surface area contributed by atoms with Crippen molar-refractivity contribution < 1.29 is 4.79 Å². The van der Waals surface area contributed by atoms with Gasteiger partial charge in [-0.2, -0.15) is 0 Å². The first-order valence-electron chi connectivity index (χ1n) is 6.64. The summed E-state index contributed by atoms with van der Waals surface area (Å²) in [5.41, 5.74) is 2.14. The lowest BCUT2D eigenvalue weighted by molar-refractivity contribution is -0.115. The standard InChI is InChI=1S/C17H13BrClNO/c18-13-3-1-12(2-4-13)17-11-16(21)9-10-20(17)15-7-5-14(19)6-8-15/h1-10,17H,11H2. The van der Waals surface area contributed by atoms with Crippen LogP contribution in [0, 0.1) is 0 Å². The van der Waals surface area contributed by atoms with Crippen LogP contribution in [-0.4, -0.2) is 5.78 Å². The smallest absolute Gasteiger partial charge is 0.159 e. The Morgan fingerprint density at radius 1 is 1.05 bits per heavy atom. The first kappa shape index (κ1) is 14.4. The van der Waals surface area contributed by atoms with Crippen LogP contribution in [0.3, 0.4) is 0 Å². The maximum atomic E-state index is 11.8. The number of carbonyl (C=O) groups excluding carboxylic acids is 1. The van der Waals surface area contributed by atoms with E-state index in [0.717, 1.165) is 15.7 Å². The van der Waals surface area contributed by atoms with E-state index >= 15 is 0 Å². The van der Waals surface area contributed by atoms with E-state index in [-0.39, 0.29) is 11.8 Å². The molecule has 2 aromatic rings. The van der Waals surface area contributed by atoms with Crippen LogP contribution in [-0.2, 0) is 4.79 Å². The highest BCUT2D eigenvalue weighted by atomic mass is 79.9. The Bertz CT molecular complexity index is 679. The second-order valence-electron chi connectivity index (χ2n) is 4.94. The van der Waals surface area contributed by atoms with Crippen molar-refractivity contribution >= 4 is 39.0 Å². The van der Waals surface area contributed by atoms with E-state index in [2.05, 4.69) is 20.8 Å². The van der Waals surface area contributed by atoms with Gasteiger partial charge in [-0.15, -0.1) is 0 Å². The van der Waals surface area contributed by atoms with Crippen molar-refractivity contribution in [3.63, 3.8) is 0 Å². The summed E-state index contributed by atoms with van der Waals surface area (Å²) >= 11 is 9.39. The van der Waals surface area contributed by atoms with Gasteiger partial charge < -0.3 is 4.90 Å². The number of hydrogen-bond acceptors (Lipinski definition) is 2. The van der Waals surface area contributed by atoms with Gasteiger partial charge in [-0.25, -0.2) is 0 Å². The molecule has 0 bridgehead atoms. The number of carbonyl (C=O) groups is 1. The molecule has 0 radical (unpaired) electrons. The van der Waals surface area contributed by atoms with Crippen LogP contribution in [0.1, 0.15) is 18.0 Å². The number of hydrogen-bond donors (Lipinski definition) is 0. The molecule has 2 nitrogen and oxygen atoms in total. The Morgan fingerprint density at radius 3 is 2.38 bits per heavy atom. The minimum absolute atomic E-state index is 0.0109. The quantitative estimate of drug-likeness (QED) is 0.737. The van der Waals surface area contributed by atoms with E-state index in [1.54, 1.807) is 6.08 Å². The van der Waals surface area contributed by atoms with E-state index in [1.165, 1.54) is 0 Å². The Hall–Kier alpha value is -1.58. The molecule has 0 aromatic heterocycles. The maximum Gasteiger partial charge on any atom is 0.159 e. The normalized spacial score (nSPS) is 18.1. The topological polar surface area (TPSA) is 20.3 Å². The summed E-state index contributed by atoms with van der Waals surface area (Å²) in [7, 11) is 0. The lowest BCUT2D eigenvalue weighted by atomic mass is 9.97. The molecule has 0 fully saturated rings. The molecule has 1 aliphatic heterocycles. The summed E-state index contributed by atoms with van der Waals surface area (Å²) in [6, 6.07) is 15.8. The Labute approximate surface area is 137 Å². The minimum atomic E-state index is 0.0109. The zero-order valence-electron chi connectivity index (χ0n) is 11.2. The average molecular weight is 363 g/mol. The van der Waals surface area contributed by atoms with E-state index in [1.807, 2.05) is 54.7 Å². The number of nitrogens with zero attached hydrogens (tertiary/aromatic N) is 1. The van der Waals surface area contributed by atoms with Gasteiger partial charge in [-0.05, 0) is 48.0 Å². The van der Waals surface area contributed by atoms with Gasteiger partial charge in [0.1, 0.15) is 0 Å². The van der Waals surface area contributed by atoms with Crippen LogP contribution in [0.4, 0.5) is 5.69 Å². The molecule has 0 saturated heterocycles. The zero-order chi connectivity index (χ0) is 14.8. The number of ketones is 1. The first-order chi connectivity index (χ1) is 10.1. The lowest BCUT2D eigenvalue weighted by Gasteiger charge is -2.33. The average Bonchev–Trinajstić information content (AvgIpc) is 2.49. The number of benzene rings is 2. The number of anilines is 1. The van der Waals surface area contributed by atoms with Crippen molar-refractivity contribution in [2.45, 2.75) is 12.5 Å². The fraction of sp³-hybridized carbons (Fsp3) is 0.118. The van der Waals surface area contributed by atoms with Crippen molar-refractivity contribution in [3.05, 3.63) is 75.9 Å². The summed E-state index contributed by atoms with van der Waals surface area (Å²) in [5.74, 6) is 0.146. The van der Waals surface area contributed by atoms with E-state index in [0.29, 0.717) is 11.4 Å². The third kappa shape index (κ3) is 3.20. The highest BCUT2D eigenvalue weighted by Gasteiger charge is 2.25. The zero-order valence-corrected chi connectivity index (χ0v) is 13.5. The number of rotatable bonds is 2. The molecule has 0 aliphatic carbocycles. The number of allylic oxidation sites excluding steroid dienone is 1. The molecule has 0 saturated carbocycles. The van der Waals surface area contributed by atoms with Crippen LogP contribution < -0.4 is 4.90 Å². The summed E-state index contributed by atoms with van der Waals surface area (Å²) in [4.78, 5) is 13.9. The van der Waals surface area contributed by atoms with Gasteiger partial charge in [-0.1, -0.05) is 39.7 Å². The van der Waals surface area contributed by atoms with Crippen LogP contribution in [0.15, 0.2) is 65.3 Å². The molecule has 0 spiro atoms. The van der Waals surface area contributed by atoms with Gasteiger partial charge in [0.15, 0.2) is 5.78 Å². The van der Waals surface area contributed by atoms with Crippen LogP contribution >= 0.6 is 27.5 Å². The Balaban J connectivity index is 1.99. The summed E-state index contributed by atoms with van der Waals surface area (Å²) in [5, 5.41) is 0.705. The fourth-order valence-corrected chi connectivity index (χ4v) is 2.86. The predicted octanol–water partition coefficient (Wildman–Crippen LogP) is 5.14. The number of halogens is 2. The molecule has 0 N–H and O–H groups in total. The summed E-state index contributed by atoms with van der Waals surface area (Å²) in [6.07, 6.45) is 3.95. The van der Waals surface area contributed by atoms with Crippen molar-refractivity contribution in [2.75, 3.05) is 4.90 Å². The molecule has 0 amide bonds. The SMILES string of the molecule is O=C1C=CN(c2ccc(Cl)cc2)C(c2ccc(Br)cc2)C1. The van der Waals surface area contributed by atoms with Crippen molar-refractivity contribution in [1.29, 1.82) is 0 Å². The molecule has 1 aliphatic rings. The van der Waals surface area contributed by atoms with Gasteiger partial charge in [0.2, 0.25) is 0 Å². The predicted molar refractivity (Wildman–Crippen MR) is 89.6 cm³/mol. The molecule has 1 atom stereocenters. The third-order valence-electron chi connectivity index (χ3n) is 3.53. The summed E-state index contributed by atoms with van der Waals surface area (Å²) in [6.45, 7) is 0. The van der Waals surface area contributed by atoms with Gasteiger partial charge >= 0.3 is 0 Å². The molecule has 21 heavy (non-hydrogen) atoms. The van der Waals surface area contributed by atoms with Gasteiger partial charge in [-0.3, -0.25) is 4.79 Å². The highest BCUT2D eigenvalue weighted by molar-refractivity contribution is 9.10. The third-order valence-corrected chi connectivity index (χ3v) is 4.31. The fourth-order valence-electron chi connectivity index (χ4n) is 2.47. The lowest BCUT2D eigenvalue weighted by Crippen LogP contribution is -2.28. The molecule has 1 unspecified atom stereocenters. The van der Waals surface area contributed by atoms with Gasteiger partial charge in [0.25, 0.3) is 0 Å². The highest BCUT2D eigenvalue weighted by Crippen LogP contribution is 2.34. The van der Waals surface area contributed by atoms with E-state index in [4.69, 9.17) is 11.6 Å². The van der Waals surface area contributed by atoms with E-state index < -0.39 is 0 Å². The van der Waals surface area contributed by atoms with Gasteiger partial charge in [0.05, 0.1) is 6.04 Å². The maximum absolute atomic E-state index is 11.8. The molecule has 3 rings (SSSR count). The van der Waals surface area contributed by atoms with E-state index in [9.17, 15) is 4.79 Å². The molecular formula is C17H13BrClNO. The summed E-state index contributed by atoms with van der Waals surface area (Å²) < 4.78 is 1.03. The monoisotopic (exact) mass is 361 g/mol. The molecule has 1 heterocycles. The molecule has 106 valence electrons. The molecule has 4 heteroatoms. The second kappa shape index (κ2) is 6.04. The van der Waals surface area contributed by atoms with Gasteiger partial charge in [0, 0.05) is 27.8 Å². The van der Waals surface area contributed by atoms with Crippen LogP contribution in [0.5, 0.6) is 0 Å². The minimum Gasteiger partial charge on any atom is -0.340 e. The Kier molecular flexibility index (Phi) is 4.13. The molecule has 2 aromatic carbocycles. The van der Waals surface area contributed by atoms with Crippen molar-refractivity contribution in [2.24, 2.45) is 0 Å². The first-order valence-corrected chi connectivity index (χ1v) is 7.81. The van der Waals surface area contributed by atoms with Crippen molar-refractivity contribution in [3.8, 4) is 0 Å². The van der Waals surface area contributed by atoms with Crippen LogP contribution in [0.2, 0.25) is 5.02 Å². The van der Waals surface area contributed by atoms with Crippen LogP contribution in [0.25, 0.3) is 0 Å². The largest absolute Gasteiger partial charge is 0.340 e. The second-order valence-corrected chi connectivity index (χ2v) is 6.29.